The van der Waals surface area contributed by atoms with Gasteiger partial charge in [0.1, 0.15) is 11.5 Å². The van der Waals surface area contributed by atoms with E-state index >= 15 is 0 Å². The first-order chi connectivity index (χ1) is 15.5. The molecule has 3 aromatic rings. The van der Waals surface area contributed by atoms with E-state index in [2.05, 4.69) is 4.90 Å². The van der Waals surface area contributed by atoms with Crippen LogP contribution in [0, 0.1) is 6.92 Å². The highest BCUT2D eigenvalue weighted by Crippen LogP contribution is 2.33. The van der Waals surface area contributed by atoms with Crippen LogP contribution in [0.4, 0.5) is 5.13 Å². The molecule has 0 saturated carbocycles. The van der Waals surface area contributed by atoms with Crippen molar-refractivity contribution in [2.45, 2.75) is 6.92 Å². The summed E-state index contributed by atoms with van der Waals surface area (Å²) in [5, 5.41) is 1.32. The first kappa shape index (κ1) is 22.8. The number of hydrogen-bond acceptors (Lipinski definition) is 7. The first-order valence-corrected chi connectivity index (χ1v) is 11.7. The molecule has 4 rings (SSSR count). The van der Waals surface area contributed by atoms with Crippen molar-refractivity contribution in [3.05, 3.63) is 47.0 Å². The molecule has 1 aliphatic heterocycles. The number of amides is 1. The predicted octanol–water partition coefficient (Wildman–Crippen LogP) is 4.01. The number of fused-ring (bicyclic) bond motifs is 1. The molecule has 1 aliphatic rings. The van der Waals surface area contributed by atoms with Crippen LogP contribution in [-0.4, -0.2) is 68.9 Å². The van der Waals surface area contributed by atoms with Crippen molar-refractivity contribution in [1.82, 2.24) is 9.88 Å². The van der Waals surface area contributed by atoms with Crippen LogP contribution in [-0.2, 0) is 9.53 Å². The fourth-order valence-electron chi connectivity index (χ4n) is 3.55. The van der Waals surface area contributed by atoms with E-state index in [-0.39, 0.29) is 12.5 Å². The van der Waals surface area contributed by atoms with Gasteiger partial charge in [-0.05, 0) is 48.9 Å². The summed E-state index contributed by atoms with van der Waals surface area (Å²) >= 11 is 7.70. The van der Waals surface area contributed by atoms with Gasteiger partial charge in [0.25, 0.3) is 5.91 Å². The van der Waals surface area contributed by atoms with Gasteiger partial charge < -0.3 is 14.2 Å². The largest absolute Gasteiger partial charge is 0.497 e. The highest BCUT2D eigenvalue weighted by Gasteiger charge is 2.22. The van der Waals surface area contributed by atoms with Crippen molar-refractivity contribution >= 4 is 44.2 Å². The van der Waals surface area contributed by atoms with Gasteiger partial charge in [0.05, 0.1) is 30.5 Å². The Hall–Kier alpha value is -2.39. The second-order valence-electron chi connectivity index (χ2n) is 7.53. The number of carbonyl (C=O) groups is 1. The standard InChI is InChI=1S/C23H26ClN3O4S/c1-16-13-17(24)14-20-22(16)25-23(32-20)27(8-7-26-9-11-30-12-10-26)21(28)15-31-19-5-3-18(29-2)4-6-19/h3-6,13-14H,7-12,15H2,1-2H3. The molecule has 0 unspecified atom stereocenters. The number of nitrogens with zero attached hydrogens (tertiary/aromatic N) is 3. The number of methoxy groups -OCH3 is 1. The minimum absolute atomic E-state index is 0.0783. The molecule has 1 saturated heterocycles. The predicted molar refractivity (Wildman–Crippen MR) is 127 cm³/mol. The molecule has 0 N–H and O–H groups in total. The number of morpholine rings is 1. The first-order valence-electron chi connectivity index (χ1n) is 10.5. The average Bonchev–Trinajstić information content (AvgIpc) is 3.23. The second-order valence-corrected chi connectivity index (χ2v) is 8.97. The lowest BCUT2D eigenvalue weighted by molar-refractivity contribution is -0.120. The maximum atomic E-state index is 13.2. The molecule has 0 spiro atoms. The van der Waals surface area contributed by atoms with Crippen molar-refractivity contribution < 1.29 is 19.0 Å². The van der Waals surface area contributed by atoms with E-state index in [0.29, 0.717) is 35.7 Å². The van der Waals surface area contributed by atoms with E-state index in [4.69, 9.17) is 30.8 Å². The number of aromatic nitrogens is 1. The number of hydrogen-bond donors (Lipinski definition) is 0. The van der Waals surface area contributed by atoms with Crippen LogP contribution < -0.4 is 14.4 Å². The fraction of sp³-hybridized carbons (Fsp3) is 0.391. The molecule has 32 heavy (non-hydrogen) atoms. The molecule has 1 fully saturated rings. The third-order valence-electron chi connectivity index (χ3n) is 5.34. The molecular formula is C23H26ClN3O4S. The van der Waals surface area contributed by atoms with E-state index in [1.165, 1.54) is 11.3 Å². The van der Waals surface area contributed by atoms with Gasteiger partial charge in [-0.3, -0.25) is 14.6 Å². The Bertz CT molecular complexity index is 1070. The van der Waals surface area contributed by atoms with E-state index in [9.17, 15) is 4.79 Å². The van der Waals surface area contributed by atoms with Crippen LogP contribution in [0.5, 0.6) is 11.5 Å². The van der Waals surface area contributed by atoms with Crippen molar-refractivity contribution in [2.24, 2.45) is 0 Å². The number of anilines is 1. The number of halogens is 1. The summed E-state index contributed by atoms with van der Waals surface area (Å²) in [6.07, 6.45) is 0. The molecule has 0 bridgehead atoms. The maximum Gasteiger partial charge on any atom is 0.266 e. The molecule has 0 radical (unpaired) electrons. The molecule has 0 atom stereocenters. The Morgan fingerprint density at radius 2 is 1.94 bits per heavy atom. The van der Waals surface area contributed by atoms with Gasteiger partial charge in [-0.15, -0.1) is 0 Å². The van der Waals surface area contributed by atoms with Gasteiger partial charge in [0, 0.05) is 31.2 Å². The lowest BCUT2D eigenvalue weighted by atomic mass is 10.2. The van der Waals surface area contributed by atoms with Gasteiger partial charge in [-0.2, -0.15) is 0 Å². The SMILES string of the molecule is COc1ccc(OCC(=O)N(CCN2CCOCC2)c2nc3c(C)cc(Cl)cc3s2)cc1. The number of ether oxygens (including phenoxy) is 3. The number of carbonyl (C=O) groups excluding carboxylic acids is 1. The average molecular weight is 476 g/mol. The van der Waals surface area contributed by atoms with Crippen molar-refractivity contribution in [3.63, 3.8) is 0 Å². The molecule has 0 aliphatic carbocycles. The summed E-state index contributed by atoms with van der Waals surface area (Å²) in [4.78, 5) is 22.0. The molecule has 1 amide bonds. The summed E-state index contributed by atoms with van der Waals surface area (Å²) < 4.78 is 17.3. The van der Waals surface area contributed by atoms with Crippen LogP contribution in [0.15, 0.2) is 36.4 Å². The van der Waals surface area contributed by atoms with E-state index in [0.717, 1.165) is 41.2 Å². The van der Waals surface area contributed by atoms with Crippen molar-refractivity contribution in [1.29, 1.82) is 0 Å². The van der Waals surface area contributed by atoms with Crippen molar-refractivity contribution in [3.8, 4) is 11.5 Å². The topological polar surface area (TPSA) is 64.1 Å². The minimum Gasteiger partial charge on any atom is -0.497 e. The quantitative estimate of drug-likeness (QED) is 0.490. The summed E-state index contributed by atoms with van der Waals surface area (Å²) in [6.45, 7) is 6.32. The van der Waals surface area contributed by atoms with Gasteiger partial charge in [0.2, 0.25) is 0 Å². The highest BCUT2D eigenvalue weighted by molar-refractivity contribution is 7.22. The smallest absolute Gasteiger partial charge is 0.266 e. The van der Waals surface area contributed by atoms with Gasteiger partial charge in [-0.25, -0.2) is 4.98 Å². The summed E-state index contributed by atoms with van der Waals surface area (Å²) in [5.74, 6) is 1.20. The Morgan fingerprint density at radius 1 is 1.22 bits per heavy atom. The number of thiazole rings is 1. The lowest BCUT2D eigenvalue weighted by Gasteiger charge is -2.29. The Kier molecular flexibility index (Phi) is 7.47. The van der Waals surface area contributed by atoms with Gasteiger partial charge in [0.15, 0.2) is 11.7 Å². The van der Waals surface area contributed by atoms with Crippen LogP contribution >= 0.6 is 22.9 Å². The third kappa shape index (κ3) is 5.50. The Balaban J connectivity index is 1.52. The van der Waals surface area contributed by atoms with Crippen molar-refractivity contribution in [2.75, 3.05) is 58.0 Å². The molecular weight excluding hydrogens is 450 g/mol. The second kappa shape index (κ2) is 10.5. The van der Waals surface area contributed by atoms with E-state index in [1.807, 2.05) is 19.1 Å². The van der Waals surface area contributed by atoms with E-state index in [1.54, 1.807) is 36.3 Å². The Labute approximate surface area is 196 Å². The highest BCUT2D eigenvalue weighted by atomic mass is 35.5. The molecule has 7 nitrogen and oxygen atoms in total. The van der Waals surface area contributed by atoms with Gasteiger partial charge in [-0.1, -0.05) is 22.9 Å². The normalized spacial score (nSPS) is 14.5. The van der Waals surface area contributed by atoms with Crippen LogP contribution in [0.3, 0.4) is 0 Å². The zero-order chi connectivity index (χ0) is 22.5. The summed E-state index contributed by atoms with van der Waals surface area (Å²) in [7, 11) is 1.61. The molecule has 1 aromatic heterocycles. The summed E-state index contributed by atoms with van der Waals surface area (Å²) in [5.41, 5.74) is 1.86. The fourth-order valence-corrected chi connectivity index (χ4v) is 5.01. The maximum absolute atomic E-state index is 13.2. The number of aryl methyl sites for hydroxylation is 1. The van der Waals surface area contributed by atoms with E-state index < -0.39 is 0 Å². The van der Waals surface area contributed by atoms with Crippen LogP contribution in [0.25, 0.3) is 10.2 Å². The third-order valence-corrected chi connectivity index (χ3v) is 6.58. The van der Waals surface area contributed by atoms with Crippen LogP contribution in [0.2, 0.25) is 5.02 Å². The van der Waals surface area contributed by atoms with Crippen LogP contribution in [0.1, 0.15) is 5.56 Å². The summed E-state index contributed by atoms with van der Waals surface area (Å²) in [6, 6.07) is 11.0. The molecule has 9 heteroatoms. The number of benzene rings is 2. The lowest BCUT2D eigenvalue weighted by Crippen LogP contribution is -2.44. The zero-order valence-electron chi connectivity index (χ0n) is 18.2. The number of rotatable bonds is 8. The molecule has 2 aromatic carbocycles. The molecule has 170 valence electrons. The van der Waals surface area contributed by atoms with Gasteiger partial charge >= 0.3 is 0 Å². The Morgan fingerprint density at radius 3 is 2.66 bits per heavy atom. The minimum atomic E-state index is -0.142. The molecule has 2 heterocycles. The zero-order valence-corrected chi connectivity index (χ0v) is 19.7. The monoisotopic (exact) mass is 475 g/mol.